The second kappa shape index (κ2) is 11.6. The van der Waals surface area contributed by atoms with Crippen LogP contribution in [0.3, 0.4) is 0 Å². The zero-order valence-corrected chi connectivity index (χ0v) is 22.3. The Bertz CT molecular complexity index is 1440. The van der Waals surface area contributed by atoms with Gasteiger partial charge < -0.3 is 15.4 Å². The average molecular weight is 563 g/mol. The van der Waals surface area contributed by atoms with E-state index in [2.05, 4.69) is 34.7 Å². The van der Waals surface area contributed by atoms with Gasteiger partial charge in [-0.3, -0.25) is 4.90 Å². The van der Waals surface area contributed by atoms with Crippen LogP contribution in [0.1, 0.15) is 12.0 Å². The van der Waals surface area contributed by atoms with Gasteiger partial charge in [-0.25, -0.2) is 9.71 Å². The second-order valence-corrected chi connectivity index (χ2v) is 11.2. The molecule has 0 radical (unpaired) electrons. The quantitative estimate of drug-likeness (QED) is 0.235. The molecule has 11 nitrogen and oxygen atoms in total. The Hall–Kier alpha value is -2.97. The van der Waals surface area contributed by atoms with Crippen LogP contribution in [-0.4, -0.2) is 71.3 Å². The van der Waals surface area contributed by atoms with Crippen LogP contribution in [0.15, 0.2) is 48.9 Å². The maximum absolute atomic E-state index is 12.8. The topological polar surface area (TPSA) is 126 Å². The SMILES string of the molecule is O=S(=O)(Nc1ncns1)n1ncc2c(NCc3ccc(Cl)cc3NCCCN3CCOCC3)cccc21. The van der Waals surface area contributed by atoms with E-state index in [-0.39, 0.29) is 5.13 Å². The van der Waals surface area contributed by atoms with Crippen molar-refractivity contribution < 1.29 is 13.2 Å². The molecule has 14 heteroatoms. The Morgan fingerprint density at radius 1 is 1.11 bits per heavy atom. The molecule has 2 aromatic carbocycles. The highest BCUT2D eigenvalue weighted by Crippen LogP contribution is 2.27. The van der Waals surface area contributed by atoms with Gasteiger partial charge in [-0.1, -0.05) is 23.7 Å². The molecule has 196 valence electrons. The Morgan fingerprint density at radius 3 is 2.78 bits per heavy atom. The Labute approximate surface area is 224 Å². The first-order chi connectivity index (χ1) is 18.0. The van der Waals surface area contributed by atoms with Crippen molar-refractivity contribution in [3.8, 4) is 0 Å². The second-order valence-electron chi connectivity index (χ2n) is 8.47. The lowest BCUT2D eigenvalue weighted by atomic mass is 10.1. The van der Waals surface area contributed by atoms with Gasteiger partial charge in [0.25, 0.3) is 0 Å². The van der Waals surface area contributed by atoms with E-state index >= 15 is 0 Å². The van der Waals surface area contributed by atoms with Crippen molar-refractivity contribution in [3.05, 3.63) is 59.5 Å². The van der Waals surface area contributed by atoms with Crippen molar-refractivity contribution in [2.45, 2.75) is 13.0 Å². The van der Waals surface area contributed by atoms with Gasteiger partial charge in [0.2, 0.25) is 5.13 Å². The zero-order chi connectivity index (χ0) is 25.7. The lowest BCUT2D eigenvalue weighted by Gasteiger charge is -2.26. The zero-order valence-electron chi connectivity index (χ0n) is 19.9. The third-order valence-corrected chi connectivity index (χ3v) is 8.14. The fraction of sp³-hybridized carbons (Fsp3) is 0.348. The predicted molar refractivity (Wildman–Crippen MR) is 147 cm³/mol. The minimum absolute atomic E-state index is 0.172. The number of halogens is 1. The highest BCUT2D eigenvalue weighted by molar-refractivity contribution is 7.91. The minimum Gasteiger partial charge on any atom is -0.385 e. The first-order valence-corrected chi connectivity index (χ1v) is 14.4. The van der Waals surface area contributed by atoms with Gasteiger partial charge in [0, 0.05) is 59.5 Å². The molecule has 4 aromatic rings. The van der Waals surface area contributed by atoms with Gasteiger partial charge in [-0.2, -0.15) is 17.9 Å². The van der Waals surface area contributed by atoms with Crippen LogP contribution in [0.5, 0.6) is 0 Å². The van der Waals surface area contributed by atoms with E-state index in [0.717, 1.165) is 78.4 Å². The monoisotopic (exact) mass is 562 g/mol. The smallest absolute Gasteiger partial charge is 0.345 e. The van der Waals surface area contributed by atoms with Crippen molar-refractivity contribution in [1.82, 2.24) is 23.4 Å². The summed E-state index contributed by atoms with van der Waals surface area (Å²) in [6.07, 6.45) is 3.83. The number of morpholine rings is 1. The van der Waals surface area contributed by atoms with Gasteiger partial charge in [0.1, 0.15) is 6.33 Å². The number of nitrogens with one attached hydrogen (secondary N) is 3. The summed E-state index contributed by atoms with van der Waals surface area (Å²) >= 11 is 7.23. The summed E-state index contributed by atoms with van der Waals surface area (Å²) in [4.78, 5) is 6.29. The number of ether oxygens (including phenoxy) is 1. The van der Waals surface area contributed by atoms with E-state index in [1.54, 1.807) is 12.1 Å². The summed E-state index contributed by atoms with van der Waals surface area (Å²) in [7, 11) is -3.98. The molecule has 1 fully saturated rings. The van der Waals surface area contributed by atoms with Crippen molar-refractivity contribution >= 4 is 60.8 Å². The number of hydrogen-bond acceptors (Lipinski definition) is 10. The summed E-state index contributed by atoms with van der Waals surface area (Å²) < 4.78 is 38.3. The lowest BCUT2D eigenvalue weighted by Crippen LogP contribution is -2.37. The normalized spacial score (nSPS) is 14.6. The number of anilines is 3. The standard InChI is InChI=1S/C23H27ClN8O3S2/c24-18-6-5-17(21(13-18)25-7-2-8-31-9-11-35-12-10-31)14-26-20-3-1-4-22-19(20)15-28-32(22)37(33,34)30-23-27-16-29-36-23/h1,3-6,13,15-16,25-26H,2,7-12,14H2,(H,27,29,30). The fourth-order valence-electron chi connectivity index (χ4n) is 4.15. The van der Waals surface area contributed by atoms with E-state index in [9.17, 15) is 8.42 Å². The molecular weight excluding hydrogens is 536 g/mol. The molecule has 1 saturated heterocycles. The molecule has 0 atom stereocenters. The van der Waals surface area contributed by atoms with Crippen LogP contribution >= 0.6 is 23.1 Å². The molecule has 2 aromatic heterocycles. The van der Waals surface area contributed by atoms with Gasteiger partial charge in [-0.15, -0.1) is 4.09 Å². The van der Waals surface area contributed by atoms with E-state index in [1.807, 2.05) is 24.3 Å². The van der Waals surface area contributed by atoms with Crippen LogP contribution < -0.4 is 15.4 Å². The van der Waals surface area contributed by atoms with Gasteiger partial charge in [0.05, 0.1) is 24.9 Å². The maximum atomic E-state index is 12.8. The molecule has 0 bridgehead atoms. The first-order valence-electron chi connectivity index (χ1n) is 11.8. The molecule has 0 saturated carbocycles. The Kier molecular flexibility index (Phi) is 8.05. The van der Waals surface area contributed by atoms with Crippen LogP contribution in [-0.2, 0) is 21.5 Å². The summed E-state index contributed by atoms with van der Waals surface area (Å²) in [6, 6.07) is 11.2. The van der Waals surface area contributed by atoms with Crippen molar-refractivity contribution in [1.29, 1.82) is 0 Å². The molecule has 0 amide bonds. The van der Waals surface area contributed by atoms with E-state index in [0.29, 0.717) is 22.5 Å². The predicted octanol–water partition coefficient (Wildman–Crippen LogP) is 3.49. The van der Waals surface area contributed by atoms with Crippen LogP contribution in [0.25, 0.3) is 10.9 Å². The number of nitrogens with zero attached hydrogens (tertiary/aromatic N) is 5. The molecule has 3 N–H and O–H groups in total. The Morgan fingerprint density at radius 2 is 1.97 bits per heavy atom. The van der Waals surface area contributed by atoms with E-state index < -0.39 is 10.2 Å². The third kappa shape index (κ3) is 6.30. The number of fused-ring (bicyclic) bond motifs is 1. The molecule has 0 aliphatic carbocycles. The summed E-state index contributed by atoms with van der Waals surface area (Å²) in [5, 5.41) is 12.6. The fourth-order valence-corrected chi connectivity index (χ4v) is 6.03. The highest BCUT2D eigenvalue weighted by Gasteiger charge is 2.20. The first kappa shape index (κ1) is 25.7. The number of aromatic nitrogens is 4. The van der Waals surface area contributed by atoms with Crippen LogP contribution in [0.2, 0.25) is 5.02 Å². The molecule has 0 spiro atoms. The minimum atomic E-state index is -3.98. The third-order valence-electron chi connectivity index (χ3n) is 6.00. The summed E-state index contributed by atoms with van der Waals surface area (Å²) in [5.41, 5.74) is 3.22. The summed E-state index contributed by atoms with van der Waals surface area (Å²) in [6.45, 7) is 5.93. The molecule has 1 aliphatic heterocycles. The van der Waals surface area contributed by atoms with Crippen LogP contribution in [0, 0.1) is 0 Å². The molecule has 0 unspecified atom stereocenters. The number of benzene rings is 2. The average Bonchev–Trinajstić information content (AvgIpc) is 3.57. The van der Waals surface area contributed by atoms with E-state index in [4.69, 9.17) is 16.3 Å². The van der Waals surface area contributed by atoms with Gasteiger partial charge in [-0.05, 0) is 42.8 Å². The van der Waals surface area contributed by atoms with Crippen molar-refractivity contribution in [3.63, 3.8) is 0 Å². The Balaban J connectivity index is 1.26. The van der Waals surface area contributed by atoms with Gasteiger partial charge >= 0.3 is 10.2 Å². The molecule has 37 heavy (non-hydrogen) atoms. The molecule has 3 heterocycles. The largest absolute Gasteiger partial charge is 0.385 e. The summed E-state index contributed by atoms with van der Waals surface area (Å²) in [5.74, 6) is 0. The molecule has 1 aliphatic rings. The molecule has 5 rings (SSSR count). The van der Waals surface area contributed by atoms with Crippen molar-refractivity contribution in [2.75, 3.05) is 54.7 Å². The van der Waals surface area contributed by atoms with Gasteiger partial charge in [0.15, 0.2) is 0 Å². The van der Waals surface area contributed by atoms with Crippen LogP contribution in [0.4, 0.5) is 16.5 Å². The number of rotatable bonds is 11. The number of hydrogen-bond donors (Lipinski definition) is 3. The van der Waals surface area contributed by atoms with E-state index in [1.165, 1.54) is 12.5 Å². The van der Waals surface area contributed by atoms with Crippen molar-refractivity contribution in [2.24, 2.45) is 0 Å². The lowest BCUT2D eigenvalue weighted by molar-refractivity contribution is 0.0378. The molecular formula is C23H27ClN8O3S2. The maximum Gasteiger partial charge on any atom is 0.345 e. The highest BCUT2D eigenvalue weighted by atomic mass is 35.5.